The lowest BCUT2D eigenvalue weighted by Crippen LogP contribution is -2.33. The minimum Gasteiger partial charge on any atom is -0.497 e. The molecular weight excluding hydrogens is 439 g/mol. The summed E-state index contributed by atoms with van der Waals surface area (Å²) in [5.74, 6) is 0.300. The Morgan fingerprint density at radius 3 is 2.42 bits per heavy atom. The summed E-state index contributed by atoms with van der Waals surface area (Å²) in [6.07, 6.45) is -4.64. The van der Waals surface area contributed by atoms with E-state index >= 15 is 0 Å². The topological polar surface area (TPSA) is 73.7 Å². The number of carbonyl (C=O) groups excluding carboxylic acids is 1. The number of para-hydroxylation sites is 1. The van der Waals surface area contributed by atoms with Crippen LogP contribution in [0.5, 0.6) is 11.5 Å². The molecule has 174 valence electrons. The summed E-state index contributed by atoms with van der Waals surface area (Å²) >= 11 is 0. The molecule has 0 unspecified atom stereocenters. The van der Waals surface area contributed by atoms with Gasteiger partial charge >= 0.3 is 6.18 Å². The second-order valence-corrected chi connectivity index (χ2v) is 7.26. The summed E-state index contributed by atoms with van der Waals surface area (Å²) in [4.78, 5) is 26.8. The molecule has 0 atom stereocenters. The molecule has 1 amide bonds. The van der Waals surface area contributed by atoms with Crippen LogP contribution in [-0.4, -0.2) is 41.9 Å². The van der Waals surface area contributed by atoms with Crippen molar-refractivity contribution in [3.8, 4) is 17.2 Å². The van der Waals surface area contributed by atoms with E-state index in [2.05, 4.69) is 5.10 Å². The van der Waals surface area contributed by atoms with Crippen molar-refractivity contribution in [1.29, 1.82) is 0 Å². The number of amides is 1. The minimum atomic E-state index is -4.64. The molecule has 0 spiro atoms. The number of hydrogen-bond acceptors (Lipinski definition) is 5. The summed E-state index contributed by atoms with van der Waals surface area (Å²) in [6, 6.07) is 11.0. The Kier molecular flexibility index (Phi) is 6.75. The first kappa shape index (κ1) is 23.8. The predicted octanol–water partition coefficient (Wildman–Crippen LogP) is 3.85. The second kappa shape index (κ2) is 9.35. The number of rotatable bonds is 6. The first-order valence-electron chi connectivity index (χ1n) is 9.80. The molecule has 0 radical (unpaired) electrons. The molecule has 7 nitrogen and oxygen atoms in total. The van der Waals surface area contributed by atoms with Crippen molar-refractivity contribution >= 4 is 5.91 Å². The van der Waals surface area contributed by atoms with E-state index < -0.39 is 28.8 Å². The third kappa shape index (κ3) is 5.00. The fraction of sp³-hybridized carbons (Fsp3) is 0.261. The van der Waals surface area contributed by atoms with Crippen molar-refractivity contribution in [2.24, 2.45) is 0 Å². The van der Waals surface area contributed by atoms with Crippen molar-refractivity contribution < 1.29 is 27.4 Å². The number of halogens is 3. The number of alkyl halides is 3. The van der Waals surface area contributed by atoms with Crippen LogP contribution in [0.4, 0.5) is 13.2 Å². The highest BCUT2D eigenvalue weighted by Gasteiger charge is 2.34. The van der Waals surface area contributed by atoms with Crippen LogP contribution < -0.4 is 14.9 Å². The summed E-state index contributed by atoms with van der Waals surface area (Å²) in [7, 11) is 4.44. The zero-order chi connectivity index (χ0) is 24.3. The van der Waals surface area contributed by atoms with Crippen LogP contribution in [0.2, 0.25) is 0 Å². The average Bonchev–Trinajstić information content (AvgIpc) is 2.78. The molecule has 0 fully saturated rings. The molecule has 0 aliphatic heterocycles. The first-order valence-corrected chi connectivity index (χ1v) is 9.80. The number of carbonyl (C=O) groups is 1. The van der Waals surface area contributed by atoms with E-state index in [4.69, 9.17) is 9.47 Å². The fourth-order valence-electron chi connectivity index (χ4n) is 3.33. The van der Waals surface area contributed by atoms with E-state index in [1.807, 2.05) is 0 Å². The Bertz CT molecular complexity index is 1240. The lowest BCUT2D eigenvalue weighted by molar-refractivity contribution is -0.137. The lowest BCUT2D eigenvalue weighted by Gasteiger charge is -2.20. The number of nitrogens with zero attached hydrogens (tertiary/aromatic N) is 3. The molecule has 0 N–H and O–H groups in total. The quantitative estimate of drug-likeness (QED) is 0.558. The summed E-state index contributed by atoms with van der Waals surface area (Å²) in [5, 5.41) is 4.01. The van der Waals surface area contributed by atoms with Gasteiger partial charge in [0.25, 0.3) is 5.91 Å². The van der Waals surface area contributed by atoms with E-state index in [0.717, 1.165) is 16.8 Å². The van der Waals surface area contributed by atoms with E-state index in [-0.39, 0.29) is 17.9 Å². The van der Waals surface area contributed by atoms with Crippen LogP contribution >= 0.6 is 0 Å². The van der Waals surface area contributed by atoms with E-state index in [1.54, 1.807) is 18.2 Å². The summed E-state index contributed by atoms with van der Waals surface area (Å²) in [6.45, 7) is 1.52. The van der Waals surface area contributed by atoms with Gasteiger partial charge < -0.3 is 14.4 Å². The fourth-order valence-corrected chi connectivity index (χ4v) is 3.33. The van der Waals surface area contributed by atoms with Crippen LogP contribution in [0.1, 0.15) is 27.3 Å². The van der Waals surface area contributed by atoms with Crippen molar-refractivity contribution in [3.05, 3.63) is 81.3 Å². The van der Waals surface area contributed by atoms with Crippen LogP contribution in [-0.2, 0) is 12.7 Å². The number of aromatic nitrogens is 2. The van der Waals surface area contributed by atoms with Gasteiger partial charge in [0.05, 0.1) is 25.5 Å². The molecule has 1 aromatic heterocycles. The third-order valence-corrected chi connectivity index (χ3v) is 5.00. The van der Waals surface area contributed by atoms with Crippen molar-refractivity contribution in [2.45, 2.75) is 19.6 Å². The maximum atomic E-state index is 13.5. The van der Waals surface area contributed by atoms with Gasteiger partial charge in [0.1, 0.15) is 11.5 Å². The van der Waals surface area contributed by atoms with Crippen LogP contribution in [0.3, 0.4) is 0 Å². The number of hydrogen-bond donors (Lipinski definition) is 0. The Hall–Kier alpha value is -3.82. The molecule has 33 heavy (non-hydrogen) atoms. The van der Waals surface area contributed by atoms with E-state index in [1.165, 1.54) is 51.3 Å². The summed E-state index contributed by atoms with van der Waals surface area (Å²) < 4.78 is 51.9. The number of ether oxygens (including phenoxy) is 2. The Morgan fingerprint density at radius 1 is 1.09 bits per heavy atom. The maximum absolute atomic E-state index is 13.5. The van der Waals surface area contributed by atoms with Crippen LogP contribution in [0, 0.1) is 6.92 Å². The zero-order valence-corrected chi connectivity index (χ0v) is 18.4. The molecule has 0 bridgehead atoms. The van der Waals surface area contributed by atoms with E-state index in [9.17, 15) is 22.8 Å². The van der Waals surface area contributed by atoms with E-state index in [0.29, 0.717) is 17.1 Å². The van der Waals surface area contributed by atoms with Crippen molar-refractivity contribution in [2.75, 3.05) is 21.3 Å². The maximum Gasteiger partial charge on any atom is 0.418 e. The van der Waals surface area contributed by atoms with Gasteiger partial charge in [0.2, 0.25) is 5.43 Å². The molecule has 0 aliphatic rings. The highest BCUT2D eigenvalue weighted by molar-refractivity contribution is 5.92. The number of methoxy groups -OCH3 is 2. The molecule has 10 heteroatoms. The van der Waals surface area contributed by atoms with Crippen molar-refractivity contribution in [3.63, 3.8) is 0 Å². The molecule has 2 aromatic carbocycles. The third-order valence-electron chi connectivity index (χ3n) is 5.00. The van der Waals surface area contributed by atoms with Gasteiger partial charge in [-0.1, -0.05) is 12.1 Å². The Labute approximate surface area is 188 Å². The first-order chi connectivity index (χ1) is 15.6. The molecule has 3 rings (SSSR count). The van der Waals surface area contributed by atoms with Crippen LogP contribution in [0.15, 0.2) is 53.3 Å². The van der Waals surface area contributed by atoms with Gasteiger partial charge in [-0.15, -0.1) is 0 Å². The van der Waals surface area contributed by atoms with Crippen LogP contribution in [0.25, 0.3) is 5.69 Å². The standard InChI is InChI=1S/C23H22F3N3O4/c1-14-11-19(30)21(27-29(14)18-8-6-5-7-17(18)23(24,25)26)22(31)28(2)13-15-9-10-16(32-3)12-20(15)33-4/h5-12H,13H2,1-4H3. The van der Waals surface area contributed by atoms with Gasteiger partial charge in [-0.05, 0) is 31.2 Å². The van der Waals surface area contributed by atoms with Gasteiger partial charge in [-0.3, -0.25) is 9.59 Å². The highest BCUT2D eigenvalue weighted by Crippen LogP contribution is 2.33. The lowest BCUT2D eigenvalue weighted by atomic mass is 10.1. The van der Waals surface area contributed by atoms with Gasteiger partial charge in [-0.2, -0.15) is 18.3 Å². The molecule has 1 heterocycles. The largest absolute Gasteiger partial charge is 0.497 e. The molecule has 0 saturated carbocycles. The monoisotopic (exact) mass is 461 g/mol. The number of aryl methyl sites for hydroxylation is 1. The predicted molar refractivity (Wildman–Crippen MR) is 115 cm³/mol. The second-order valence-electron chi connectivity index (χ2n) is 7.26. The molecule has 3 aromatic rings. The number of benzene rings is 2. The van der Waals surface area contributed by atoms with Gasteiger partial charge in [0.15, 0.2) is 5.69 Å². The molecule has 0 aliphatic carbocycles. The zero-order valence-electron chi connectivity index (χ0n) is 18.4. The molecular formula is C23H22F3N3O4. The summed E-state index contributed by atoms with van der Waals surface area (Å²) in [5.41, 5.74) is -1.59. The Balaban J connectivity index is 2.00. The normalized spacial score (nSPS) is 11.2. The smallest absolute Gasteiger partial charge is 0.418 e. The SMILES string of the molecule is COc1ccc(CN(C)C(=O)c2nn(-c3ccccc3C(F)(F)F)c(C)cc2=O)c(OC)c1. The average molecular weight is 461 g/mol. The van der Waals surface area contributed by atoms with Gasteiger partial charge in [0, 0.05) is 37.0 Å². The van der Waals surface area contributed by atoms with Gasteiger partial charge in [-0.25, -0.2) is 4.68 Å². The minimum absolute atomic E-state index is 0.0696. The molecule has 0 saturated heterocycles. The highest BCUT2D eigenvalue weighted by atomic mass is 19.4. The van der Waals surface area contributed by atoms with Crippen molar-refractivity contribution in [1.82, 2.24) is 14.7 Å². The Morgan fingerprint density at radius 2 is 1.79 bits per heavy atom.